The van der Waals surface area contributed by atoms with Gasteiger partial charge in [0.05, 0.1) is 24.0 Å². The van der Waals surface area contributed by atoms with Crippen molar-refractivity contribution in [3.05, 3.63) is 70.3 Å². The number of imidazole rings is 1. The predicted octanol–water partition coefficient (Wildman–Crippen LogP) is 5.04. The van der Waals surface area contributed by atoms with E-state index < -0.39 is 0 Å². The van der Waals surface area contributed by atoms with Gasteiger partial charge in [0.1, 0.15) is 37.1 Å². The molecule has 1 unspecified atom stereocenters. The Bertz CT molecular complexity index is 1440. The molecule has 8 nitrogen and oxygen atoms in total. The van der Waals surface area contributed by atoms with Gasteiger partial charge in [0.25, 0.3) is 0 Å². The van der Waals surface area contributed by atoms with Crippen molar-refractivity contribution >= 4 is 17.5 Å². The molecule has 186 valence electrons. The molecule has 10 heteroatoms. The summed E-state index contributed by atoms with van der Waals surface area (Å²) in [5.41, 5.74) is 4.40. The van der Waals surface area contributed by atoms with E-state index in [1.807, 2.05) is 54.2 Å². The number of aromatic nitrogens is 5. The molecular weight excluding hydrogens is 483 g/mol. The number of hydrogen-bond acceptors (Lipinski definition) is 6. The topological polar surface area (TPSA) is 79.3 Å². The second kappa shape index (κ2) is 8.97. The quantitative estimate of drug-likeness (QED) is 0.377. The molecule has 0 spiro atoms. The lowest BCUT2D eigenvalue weighted by Crippen LogP contribution is -2.18. The minimum Gasteiger partial charge on any atom is -0.474 e. The van der Waals surface area contributed by atoms with Crippen LogP contribution in [0.5, 0.6) is 0 Å². The van der Waals surface area contributed by atoms with Crippen molar-refractivity contribution in [1.82, 2.24) is 24.3 Å². The smallest absolute Gasteiger partial charge is 0.238 e. The summed E-state index contributed by atoms with van der Waals surface area (Å²) in [5, 5.41) is 9.52. The van der Waals surface area contributed by atoms with E-state index in [2.05, 4.69) is 10.2 Å². The maximum atomic E-state index is 13.7. The van der Waals surface area contributed by atoms with Gasteiger partial charge in [-0.2, -0.15) is 0 Å². The first-order valence-electron chi connectivity index (χ1n) is 12.1. The second-order valence-electron chi connectivity index (χ2n) is 9.60. The van der Waals surface area contributed by atoms with E-state index >= 15 is 0 Å². The average Bonchev–Trinajstić information content (AvgIpc) is 3.55. The molecule has 0 bridgehead atoms. The summed E-state index contributed by atoms with van der Waals surface area (Å²) < 4.78 is 29.7. The number of nitrogens with zero attached hydrogens (tertiary/aromatic N) is 6. The van der Waals surface area contributed by atoms with Crippen LogP contribution < -0.4 is 0 Å². The SMILES string of the molecule is CC(C)OCc1nnc2n1Cc1c(C3=N[C@@H](C4=CC=C(F)CC4C)CO3)ncn1-c1ccc(Cl)cc1-2. The van der Waals surface area contributed by atoms with Crippen molar-refractivity contribution in [3.8, 4) is 17.1 Å². The van der Waals surface area contributed by atoms with Gasteiger partial charge >= 0.3 is 0 Å². The molecule has 2 aromatic heterocycles. The molecule has 3 aromatic rings. The van der Waals surface area contributed by atoms with Crippen LogP contribution in [0.25, 0.3) is 17.1 Å². The number of rotatable bonds is 5. The molecule has 0 radical (unpaired) electrons. The molecule has 3 aliphatic rings. The Kier molecular flexibility index (Phi) is 5.76. The fourth-order valence-corrected chi connectivity index (χ4v) is 5.12. The van der Waals surface area contributed by atoms with Crippen LogP contribution in [0.4, 0.5) is 4.39 Å². The predicted molar refractivity (Wildman–Crippen MR) is 134 cm³/mol. The Labute approximate surface area is 213 Å². The highest BCUT2D eigenvalue weighted by atomic mass is 35.5. The van der Waals surface area contributed by atoms with Gasteiger partial charge in [0.2, 0.25) is 5.90 Å². The molecule has 1 aromatic carbocycles. The zero-order valence-electron chi connectivity index (χ0n) is 20.3. The third kappa shape index (κ3) is 3.96. The largest absolute Gasteiger partial charge is 0.474 e. The number of halogens is 2. The number of allylic oxidation sites excluding steroid dienone is 3. The zero-order chi connectivity index (χ0) is 25.0. The molecule has 2 atom stereocenters. The average molecular weight is 509 g/mol. The van der Waals surface area contributed by atoms with Gasteiger partial charge < -0.3 is 14.0 Å². The highest BCUT2D eigenvalue weighted by Gasteiger charge is 2.33. The minimum absolute atomic E-state index is 0.0597. The number of benzene rings is 1. The Morgan fingerprint density at radius 3 is 2.92 bits per heavy atom. The summed E-state index contributed by atoms with van der Waals surface area (Å²) >= 11 is 6.37. The Hall–Kier alpha value is -3.30. The van der Waals surface area contributed by atoms with Gasteiger partial charge in [-0.3, -0.25) is 4.57 Å². The van der Waals surface area contributed by atoms with Crippen LogP contribution in [-0.2, 0) is 22.6 Å². The van der Waals surface area contributed by atoms with E-state index in [9.17, 15) is 4.39 Å². The normalized spacial score (nSPS) is 20.7. The van der Waals surface area contributed by atoms with E-state index in [0.29, 0.717) is 54.4 Å². The van der Waals surface area contributed by atoms with Gasteiger partial charge in [0.15, 0.2) is 11.6 Å². The van der Waals surface area contributed by atoms with E-state index in [1.54, 1.807) is 6.33 Å². The second-order valence-corrected chi connectivity index (χ2v) is 10.0. The van der Waals surface area contributed by atoms with Crippen LogP contribution in [0.2, 0.25) is 5.02 Å². The molecule has 4 heterocycles. The summed E-state index contributed by atoms with van der Waals surface area (Å²) in [6, 6.07) is 5.54. The Morgan fingerprint density at radius 1 is 1.25 bits per heavy atom. The van der Waals surface area contributed by atoms with Gasteiger partial charge in [0, 0.05) is 17.0 Å². The zero-order valence-corrected chi connectivity index (χ0v) is 21.0. The van der Waals surface area contributed by atoms with Crippen molar-refractivity contribution < 1.29 is 13.9 Å². The molecule has 0 saturated carbocycles. The van der Waals surface area contributed by atoms with Crippen molar-refractivity contribution in [2.45, 2.75) is 52.5 Å². The van der Waals surface area contributed by atoms with Crippen LogP contribution in [0.15, 0.2) is 53.1 Å². The van der Waals surface area contributed by atoms with E-state index in [-0.39, 0.29) is 23.9 Å². The lowest BCUT2D eigenvalue weighted by molar-refractivity contribution is 0.0595. The van der Waals surface area contributed by atoms with Crippen molar-refractivity contribution in [2.75, 3.05) is 6.61 Å². The fourth-order valence-electron chi connectivity index (χ4n) is 4.95. The molecule has 36 heavy (non-hydrogen) atoms. The summed E-state index contributed by atoms with van der Waals surface area (Å²) in [6.45, 7) is 7.19. The maximum absolute atomic E-state index is 13.7. The van der Waals surface area contributed by atoms with Gasteiger partial charge in [-0.1, -0.05) is 24.6 Å². The molecule has 6 rings (SSSR count). The summed E-state index contributed by atoms with van der Waals surface area (Å²) in [5.74, 6) is 1.89. The Morgan fingerprint density at radius 2 is 2.11 bits per heavy atom. The first-order chi connectivity index (χ1) is 17.4. The monoisotopic (exact) mass is 508 g/mol. The first-order valence-corrected chi connectivity index (χ1v) is 12.4. The lowest BCUT2D eigenvalue weighted by Gasteiger charge is -2.20. The van der Waals surface area contributed by atoms with Crippen molar-refractivity contribution in [3.63, 3.8) is 0 Å². The van der Waals surface area contributed by atoms with Gasteiger partial charge in [-0.15, -0.1) is 10.2 Å². The molecule has 0 N–H and O–H groups in total. The highest BCUT2D eigenvalue weighted by molar-refractivity contribution is 6.31. The van der Waals surface area contributed by atoms with Crippen LogP contribution in [-0.4, -0.2) is 49.0 Å². The fraction of sp³-hybridized carbons (Fsp3) is 0.385. The molecule has 0 fully saturated rings. The number of hydrogen-bond donors (Lipinski definition) is 0. The van der Waals surface area contributed by atoms with E-state index in [4.69, 9.17) is 31.1 Å². The molecule has 1 aliphatic carbocycles. The highest BCUT2D eigenvalue weighted by Crippen LogP contribution is 2.36. The molecular formula is C26H26ClFN6O2. The summed E-state index contributed by atoms with van der Waals surface area (Å²) in [7, 11) is 0. The van der Waals surface area contributed by atoms with Crippen LogP contribution in [0.1, 0.15) is 44.4 Å². The number of fused-ring (bicyclic) bond motifs is 5. The molecule has 0 amide bonds. The minimum atomic E-state index is -0.158. The van der Waals surface area contributed by atoms with E-state index in [1.165, 1.54) is 6.08 Å². The van der Waals surface area contributed by atoms with Crippen LogP contribution in [0, 0.1) is 5.92 Å². The third-order valence-electron chi connectivity index (χ3n) is 6.77. The summed E-state index contributed by atoms with van der Waals surface area (Å²) in [6.07, 6.45) is 5.60. The lowest BCUT2D eigenvalue weighted by atomic mass is 9.88. The van der Waals surface area contributed by atoms with Gasteiger partial charge in [-0.25, -0.2) is 14.4 Å². The first kappa shape index (κ1) is 23.1. The third-order valence-corrected chi connectivity index (χ3v) is 7.01. The standard InChI is InChI=1S/C26H26ClFN6O2/c1-14(2)35-12-23-31-32-25-19-9-16(27)4-7-21(19)34-13-29-24(22(34)10-33(23)25)26-30-20(11-36-26)18-6-5-17(28)8-15(18)3/h4-7,9,13-15,20H,8,10-12H2,1-3H3/t15?,20-/m1/s1. The summed E-state index contributed by atoms with van der Waals surface area (Å²) in [4.78, 5) is 9.59. The number of aliphatic imine (C=N–C) groups is 1. The molecule has 2 aliphatic heterocycles. The van der Waals surface area contributed by atoms with Gasteiger partial charge in [-0.05, 0) is 49.6 Å². The molecule has 0 saturated heterocycles. The van der Waals surface area contributed by atoms with E-state index in [0.717, 1.165) is 22.5 Å². The van der Waals surface area contributed by atoms with Crippen LogP contribution in [0.3, 0.4) is 0 Å². The Balaban J connectivity index is 1.43. The number of ether oxygens (including phenoxy) is 2. The van der Waals surface area contributed by atoms with Crippen LogP contribution >= 0.6 is 11.6 Å². The van der Waals surface area contributed by atoms with Crippen molar-refractivity contribution in [1.29, 1.82) is 0 Å². The maximum Gasteiger partial charge on any atom is 0.238 e. The van der Waals surface area contributed by atoms with Crippen molar-refractivity contribution in [2.24, 2.45) is 10.9 Å².